The summed E-state index contributed by atoms with van der Waals surface area (Å²) >= 11 is 0.565. The average Bonchev–Trinajstić information content (AvgIpc) is 2.64. The second-order valence-electron chi connectivity index (χ2n) is 3.42. The lowest BCUT2D eigenvalue weighted by Gasteiger charge is -2.18. The fraction of sp³-hybridized carbons (Fsp3) is 0.556. The van der Waals surface area contributed by atoms with Crippen molar-refractivity contribution in [3.05, 3.63) is 11.4 Å². The van der Waals surface area contributed by atoms with Gasteiger partial charge in [0.25, 0.3) is 0 Å². The van der Waals surface area contributed by atoms with Crippen LogP contribution in [-0.2, 0) is 17.7 Å². The summed E-state index contributed by atoms with van der Waals surface area (Å²) in [7, 11) is 2.07. The molecule has 0 unspecified atom stereocenters. The van der Waals surface area contributed by atoms with Crippen LogP contribution in [0.1, 0.15) is 16.2 Å². The number of halogens is 5. The first-order valence-corrected chi connectivity index (χ1v) is 5.94. The highest BCUT2D eigenvalue weighted by Crippen LogP contribution is 2.46. The largest absolute Gasteiger partial charge is 0.464 e. The van der Waals surface area contributed by atoms with Crippen LogP contribution in [0.3, 0.4) is 0 Å². The van der Waals surface area contributed by atoms with Gasteiger partial charge in [-0.2, -0.15) is 27.1 Å². The van der Waals surface area contributed by atoms with Crippen molar-refractivity contribution < 1.29 is 31.5 Å². The fourth-order valence-corrected chi connectivity index (χ4v) is 2.13. The van der Waals surface area contributed by atoms with E-state index >= 15 is 0 Å². The molecule has 1 aromatic rings. The fourth-order valence-electron chi connectivity index (χ4n) is 1.36. The van der Waals surface area contributed by atoms with Crippen LogP contribution in [0.15, 0.2) is 4.90 Å². The van der Waals surface area contributed by atoms with Crippen LogP contribution >= 0.6 is 11.8 Å². The van der Waals surface area contributed by atoms with Gasteiger partial charge >= 0.3 is 18.1 Å². The van der Waals surface area contributed by atoms with Crippen LogP contribution in [0.5, 0.6) is 0 Å². The van der Waals surface area contributed by atoms with E-state index in [-0.39, 0.29) is 0 Å². The number of carbonyl (C=O) groups is 1. The van der Waals surface area contributed by atoms with Crippen LogP contribution in [0.25, 0.3) is 0 Å². The van der Waals surface area contributed by atoms with Gasteiger partial charge in [0.05, 0.1) is 12.0 Å². The molecular formula is C9H9F5N2O2S. The summed E-state index contributed by atoms with van der Waals surface area (Å²) in [6.07, 6.45) is -4.53. The zero-order valence-corrected chi connectivity index (χ0v) is 10.8. The van der Waals surface area contributed by atoms with Crippen LogP contribution in [0.4, 0.5) is 22.0 Å². The van der Waals surface area contributed by atoms with Crippen LogP contribution in [-0.4, -0.2) is 35.3 Å². The molecule has 0 aromatic carbocycles. The minimum atomic E-state index is -5.79. The molecule has 0 bridgehead atoms. The third-order valence-electron chi connectivity index (χ3n) is 2.24. The van der Waals surface area contributed by atoms with E-state index in [1.54, 1.807) is 0 Å². The highest BCUT2D eigenvalue weighted by molar-refractivity contribution is 7.98. The van der Waals surface area contributed by atoms with E-state index in [0.29, 0.717) is 16.4 Å². The van der Waals surface area contributed by atoms with E-state index < -0.39 is 34.4 Å². The molecule has 19 heavy (non-hydrogen) atoms. The molecule has 0 saturated carbocycles. The average molecular weight is 304 g/mol. The van der Waals surface area contributed by atoms with E-state index in [9.17, 15) is 26.7 Å². The summed E-state index contributed by atoms with van der Waals surface area (Å²) in [4.78, 5) is 10.8. The van der Waals surface area contributed by atoms with E-state index in [1.165, 1.54) is 6.26 Å². The molecule has 108 valence electrons. The summed E-state index contributed by atoms with van der Waals surface area (Å²) in [6.45, 7) is 0. The van der Waals surface area contributed by atoms with Gasteiger partial charge in [-0.15, -0.1) is 11.8 Å². The SMILES string of the molecule is COC(=O)c1c(SC)c(C(F)(F)C(F)(F)F)nn1C. The zero-order valence-electron chi connectivity index (χ0n) is 10.0. The Hall–Kier alpha value is -1.32. The molecule has 0 fully saturated rings. The smallest absolute Gasteiger partial charge is 0.459 e. The Bertz CT molecular complexity index is 498. The second kappa shape index (κ2) is 4.99. The highest BCUT2D eigenvalue weighted by Gasteiger charge is 2.62. The summed E-state index contributed by atoms with van der Waals surface area (Å²) in [5.74, 6) is -6.18. The number of methoxy groups -OCH3 is 1. The number of carbonyl (C=O) groups excluding carboxylic acids is 1. The molecule has 0 saturated heterocycles. The Morgan fingerprint density at radius 3 is 2.21 bits per heavy atom. The standard InChI is InChI=1S/C9H9F5N2O2S/c1-16-4(7(17)18-2)5(19-3)6(15-16)8(10,11)9(12,13)14/h1-3H3. The number of hydrogen-bond donors (Lipinski definition) is 0. The van der Waals surface area contributed by atoms with Gasteiger partial charge in [0, 0.05) is 7.05 Å². The summed E-state index contributed by atoms with van der Waals surface area (Å²) in [6, 6.07) is 0. The second-order valence-corrected chi connectivity index (χ2v) is 4.23. The number of esters is 1. The van der Waals surface area contributed by atoms with Crippen molar-refractivity contribution in [1.29, 1.82) is 0 Å². The molecule has 0 N–H and O–H groups in total. The molecule has 0 aliphatic rings. The Labute approximate surface area is 108 Å². The molecule has 0 aliphatic heterocycles. The van der Waals surface area contributed by atoms with Gasteiger partial charge in [-0.05, 0) is 6.26 Å². The first-order chi connectivity index (χ1) is 8.57. The molecule has 0 amide bonds. The number of nitrogens with zero attached hydrogens (tertiary/aromatic N) is 2. The van der Waals surface area contributed by atoms with E-state index in [2.05, 4.69) is 9.84 Å². The van der Waals surface area contributed by atoms with E-state index in [0.717, 1.165) is 14.2 Å². The maximum atomic E-state index is 13.3. The van der Waals surface area contributed by atoms with Crippen molar-refractivity contribution in [2.75, 3.05) is 13.4 Å². The Balaban J connectivity index is 3.52. The van der Waals surface area contributed by atoms with Crippen molar-refractivity contribution in [2.45, 2.75) is 17.0 Å². The number of ether oxygens (including phenoxy) is 1. The third-order valence-corrected chi connectivity index (χ3v) is 3.04. The molecule has 0 radical (unpaired) electrons. The maximum Gasteiger partial charge on any atom is 0.459 e. The topological polar surface area (TPSA) is 44.1 Å². The minimum Gasteiger partial charge on any atom is -0.464 e. The molecular weight excluding hydrogens is 295 g/mol. The van der Waals surface area contributed by atoms with Gasteiger partial charge in [0.1, 0.15) is 0 Å². The Morgan fingerprint density at radius 2 is 1.84 bits per heavy atom. The van der Waals surface area contributed by atoms with Crippen molar-refractivity contribution in [3.63, 3.8) is 0 Å². The lowest BCUT2D eigenvalue weighted by Crippen LogP contribution is -2.34. The molecule has 10 heteroatoms. The Morgan fingerprint density at radius 1 is 1.32 bits per heavy atom. The van der Waals surface area contributed by atoms with Crippen molar-refractivity contribution in [1.82, 2.24) is 9.78 Å². The van der Waals surface area contributed by atoms with Crippen molar-refractivity contribution in [2.24, 2.45) is 7.05 Å². The zero-order chi connectivity index (χ0) is 15.0. The lowest BCUT2D eigenvalue weighted by atomic mass is 10.2. The van der Waals surface area contributed by atoms with Crippen LogP contribution in [0, 0.1) is 0 Å². The maximum absolute atomic E-state index is 13.3. The van der Waals surface area contributed by atoms with E-state index in [1.807, 2.05) is 0 Å². The quantitative estimate of drug-likeness (QED) is 0.489. The van der Waals surface area contributed by atoms with Gasteiger partial charge < -0.3 is 4.74 Å². The predicted octanol–water partition coefficient (Wildman–Crippen LogP) is 2.58. The monoisotopic (exact) mass is 304 g/mol. The van der Waals surface area contributed by atoms with E-state index in [4.69, 9.17) is 0 Å². The molecule has 0 spiro atoms. The van der Waals surface area contributed by atoms with Gasteiger partial charge in [0.15, 0.2) is 11.4 Å². The lowest BCUT2D eigenvalue weighted by molar-refractivity contribution is -0.292. The molecule has 0 atom stereocenters. The number of aryl methyl sites for hydroxylation is 1. The predicted molar refractivity (Wildman–Crippen MR) is 56.3 cm³/mol. The molecule has 1 heterocycles. The van der Waals surface area contributed by atoms with Crippen molar-refractivity contribution >= 4 is 17.7 Å². The highest BCUT2D eigenvalue weighted by atomic mass is 32.2. The number of aromatic nitrogens is 2. The van der Waals surface area contributed by atoms with Crippen LogP contribution < -0.4 is 0 Å². The number of thioether (sulfide) groups is 1. The van der Waals surface area contributed by atoms with Gasteiger partial charge in [-0.3, -0.25) is 4.68 Å². The Kier molecular flexibility index (Phi) is 4.13. The van der Waals surface area contributed by atoms with Gasteiger partial charge in [-0.25, -0.2) is 4.79 Å². The van der Waals surface area contributed by atoms with Gasteiger partial charge in [-0.1, -0.05) is 0 Å². The minimum absolute atomic E-state index is 0.450. The van der Waals surface area contributed by atoms with Crippen molar-refractivity contribution in [3.8, 4) is 0 Å². The number of rotatable bonds is 3. The molecule has 0 aliphatic carbocycles. The first-order valence-electron chi connectivity index (χ1n) is 4.72. The van der Waals surface area contributed by atoms with Gasteiger partial charge in [0.2, 0.25) is 0 Å². The normalized spacial score (nSPS) is 12.6. The third kappa shape index (κ3) is 2.53. The summed E-state index contributed by atoms with van der Waals surface area (Å²) in [5.41, 5.74) is -1.95. The van der Waals surface area contributed by atoms with Crippen LogP contribution in [0.2, 0.25) is 0 Å². The first kappa shape index (κ1) is 15.7. The summed E-state index contributed by atoms with van der Waals surface area (Å²) < 4.78 is 68.6. The number of alkyl halides is 5. The molecule has 1 rings (SSSR count). The molecule has 1 aromatic heterocycles. The number of hydrogen-bond acceptors (Lipinski definition) is 4. The summed E-state index contributed by atoms with van der Waals surface area (Å²) in [5, 5.41) is 3.11. The molecule has 4 nitrogen and oxygen atoms in total.